The van der Waals surface area contributed by atoms with E-state index in [9.17, 15) is 4.79 Å². The van der Waals surface area contributed by atoms with Gasteiger partial charge in [0.15, 0.2) is 5.82 Å². The van der Waals surface area contributed by atoms with Gasteiger partial charge in [-0.25, -0.2) is 9.67 Å². The topological polar surface area (TPSA) is 76.5 Å². The van der Waals surface area contributed by atoms with E-state index in [1.54, 1.807) is 6.20 Å². The zero-order valence-electron chi connectivity index (χ0n) is 14.2. The van der Waals surface area contributed by atoms with Crippen LogP contribution in [0.25, 0.3) is 11.4 Å². The maximum absolute atomic E-state index is 12.4. The molecule has 0 spiro atoms. The van der Waals surface area contributed by atoms with Crippen molar-refractivity contribution in [3.05, 3.63) is 57.7 Å². The van der Waals surface area contributed by atoms with Gasteiger partial charge >= 0.3 is 0 Å². The van der Waals surface area contributed by atoms with Crippen LogP contribution >= 0.6 is 23.4 Å². The molecular weight excluding hydrogens is 358 g/mol. The van der Waals surface area contributed by atoms with Crippen molar-refractivity contribution in [2.75, 3.05) is 0 Å². The van der Waals surface area contributed by atoms with Gasteiger partial charge in [-0.05, 0) is 26.3 Å². The third-order valence-corrected chi connectivity index (χ3v) is 5.13. The van der Waals surface area contributed by atoms with Gasteiger partial charge in [0.05, 0.1) is 16.6 Å². The first-order chi connectivity index (χ1) is 11.9. The summed E-state index contributed by atoms with van der Waals surface area (Å²) in [6.07, 6.45) is 3.14. The molecule has 25 heavy (non-hydrogen) atoms. The zero-order chi connectivity index (χ0) is 18.0. The molecule has 3 rings (SSSR count). The standard InChI is InChI=1S/C17H18ClN5OS/c1-17(2,3)23-16(24)14(18)13(8-21-23)25-9-11-4-6-12(7-5-11)15-19-10-20-22-15/h4-8,10H,9H2,1-3H3,(H,19,20,22). The van der Waals surface area contributed by atoms with E-state index in [2.05, 4.69) is 20.3 Å². The highest BCUT2D eigenvalue weighted by molar-refractivity contribution is 7.98. The minimum absolute atomic E-state index is 0.216. The Labute approximate surface area is 154 Å². The lowest BCUT2D eigenvalue weighted by Gasteiger charge is -2.21. The van der Waals surface area contributed by atoms with Gasteiger partial charge < -0.3 is 0 Å². The lowest BCUT2D eigenvalue weighted by molar-refractivity contribution is 0.336. The van der Waals surface area contributed by atoms with Crippen LogP contribution < -0.4 is 5.56 Å². The number of hydrogen-bond acceptors (Lipinski definition) is 5. The molecule has 0 fully saturated rings. The highest BCUT2D eigenvalue weighted by Crippen LogP contribution is 2.28. The molecule has 0 atom stereocenters. The van der Waals surface area contributed by atoms with Crippen molar-refractivity contribution in [3.8, 4) is 11.4 Å². The van der Waals surface area contributed by atoms with E-state index in [-0.39, 0.29) is 10.6 Å². The minimum Gasteiger partial charge on any atom is -0.266 e. The minimum atomic E-state index is -0.402. The number of rotatable bonds is 4. The van der Waals surface area contributed by atoms with E-state index >= 15 is 0 Å². The van der Waals surface area contributed by atoms with Crippen LogP contribution in [-0.2, 0) is 11.3 Å². The SMILES string of the molecule is CC(C)(C)n1ncc(SCc2ccc(-c3ncn[nH]3)cc2)c(Cl)c1=O. The highest BCUT2D eigenvalue weighted by atomic mass is 35.5. The quantitative estimate of drug-likeness (QED) is 0.703. The number of thioether (sulfide) groups is 1. The lowest BCUT2D eigenvalue weighted by atomic mass is 10.1. The second-order valence-electron chi connectivity index (χ2n) is 6.53. The molecule has 0 saturated heterocycles. The lowest BCUT2D eigenvalue weighted by Crippen LogP contribution is -2.36. The first-order valence-corrected chi connectivity index (χ1v) is 9.08. The molecule has 1 aromatic carbocycles. The predicted molar refractivity (Wildman–Crippen MR) is 99.9 cm³/mol. The van der Waals surface area contributed by atoms with Gasteiger partial charge in [0.1, 0.15) is 11.3 Å². The first kappa shape index (κ1) is 17.7. The number of halogens is 1. The fourth-order valence-electron chi connectivity index (χ4n) is 2.26. The Morgan fingerprint density at radius 1 is 1.24 bits per heavy atom. The van der Waals surface area contributed by atoms with Gasteiger partial charge in [-0.3, -0.25) is 9.89 Å². The Morgan fingerprint density at radius 3 is 2.56 bits per heavy atom. The molecule has 0 saturated carbocycles. The summed E-state index contributed by atoms with van der Waals surface area (Å²) in [6.45, 7) is 5.75. The molecule has 0 aliphatic rings. The number of aromatic amines is 1. The Morgan fingerprint density at radius 2 is 1.96 bits per heavy atom. The molecule has 0 amide bonds. The summed E-state index contributed by atoms with van der Waals surface area (Å²) < 4.78 is 1.41. The summed E-state index contributed by atoms with van der Waals surface area (Å²) in [7, 11) is 0. The second kappa shape index (κ2) is 7.01. The highest BCUT2D eigenvalue weighted by Gasteiger charge is 2.19. The largest absolute Gasteiger partial charge is 0.287 e. The number of aromatic nitrogens is 5. The van der Waals surface area contributed by atoms with Crippen LogP contribution in [0, 0.1) is 0 Å². The summed E-state index contributed by atoms with van der Waals surface area (Å²) >= 11 is 7.74. The van der Waals surface area contributed by atoms with Crippen molar-refractivity contribution in [2.24, 2.45) is 0 Å². The van der Waals surface area contributed by atoms with E-state index in [0.29, 0.717) is 10.6 Å². The molecule has 130 valence electrons. The van der Waals surface area contributed by atoms with Crippen LogP contribution in [0.1, 0.15) is 26.3 Å². The smallest absolute Gasteiger partial charge is 0.266 e. The van der Waals surface area contributed by atoms with Gasteiger partial charge in [-0.15, -0.1) is 11.8 Å². The van der Waals surface area contributed by atoms with Crippen molar-refractivity contribution in [3.63, 3.8) is 0 Å². The zero-order valence-corrected chi connectivity index (χ0v) is 15.7. The van der Waals surface area contributed by atoms with Crippen LogP contribution in [0.4, 0.5) is 0 Å². The van der Waals surface area contributed by atoms with Crippen LogP contribution in [0.15, 0.2) is 46.5 Å². The Kier molecular flexibility index (Phi) is 4.96. The van der Waals surface area contributed by atoms with E-state index in [1.165, 1.54) is 22.8 Å². The molecule has 0 bridgehead atoms. The third kappa shape index (κ3) is 3.93. The second-order valence-corrected chi connectivity index (χ2v) is 7.93. The van der Waals surface area contributed by atoms with Crippen molar-refractivity contribution >= 4 is 23.4 Å². The van der Waals surface area contributed by atoms with Gasteiger partial charge in [-0.2, -0.15) is 10.2 Å². The average Bonchev–Trinajstić information content (AvgIpc) is 3.10. The fourth-order valence-corrected chi connectivity index (χ4v) is 3.40. The monoisotopic (exact) mass is 375 g/mol. The molecule has 8 heteroatoms. The molecule has 0 unspecified atom stereocenters. The van der Waals surface area contributed by atoms with E-state index < -0.39 is 5.54 Å². The van der Waals surface area contributed by atoms with Gasteiger partial charge in [0.25, 0.3) is 5.56 Å². The molecule has 0 aliphatic heterocycles. The molecule has 6 nitrogen and oxygen atoms in total. The number of nitrogens with one attached hydrogen (secondary N) is 1. The molecule has 0 radical (unpaired) electrons. The van der Waals surface area contributed by atoms with Crippen molar-refractivity contribution < 1.29 is 0 Å². The van der Waals surface area contributed by atoms with Crippen molar-refractivity contribution in [1.82, 2.24) is 25.0 Å². The van der Waals surface area contributed by atoms with Crippen LogP contribution in [-0.4, -0.2) is 25.0 Å². The molecule has 2 heterocycles. The first-order valence-electron chi connectivity index (χ1n) is 7.72. The summed E-state index contributed by atoms with van der Waals surface area (Å²) in [6, 6.07) is 7.99. The van der Waals surface area contributed by atoms with Crippen LogP contribution in [0.3, 0.4) is 0 Å². The number of hydrogen-bond donors (Lipinski definition) is 1. The maximum Gasteiger partial charge on any atom is 0.287 e. The maximum atomic E-state index is 12.4. The molecular formula is C17H18ClN5OS. The number of nitrogens with zero attached hydrogens (tertiary/aromatic N) is 4. The molecule has 0 aliphatic carbocycles. The summed E-state index contributed by atoms with van der Waals surface area (Å²) in [5.41, 5.74) is 1.42. The normalized spacial score (nSPS) is 11.7. The van der Waals surface area contributed by atoms with E-state index in [1.807, 2.05) is 45.0 Å². The summed E-state index contributed by atoms with van der Waals surface area (Å²) in [5, 5.41) is 11.1. The summed E-state index contributed by atoms with van der Waals surface area (Å²) in [4.78, 5) is 17.2. The molecule has 2 aromatic heterocycles. The third-order valence-electron chi connectivity index (χ3n) is 3.56. The van der Waals surface area contributed by atoms with Gasteiger partial charge in [0, 0.05) is 11.3 Å². The Balaban J connectivity index is 1.74. The predicted octanol–water partition coefficient (Wildman–Crippen LogP) is 3.73. The summed E-state index contributed by atoms with van der Waals surface area (Å²) in [5.74, 6) is 1.43. The van der Waals surface area contributed by atoms with Crippen molar-refractivity contribution in [1.29, 1.82) is 0 Å². The Hall–Kier alpha value is -2.12. The molecule has 1 N–H and O–H groups in total. The van der Waals surface area contributed by atoms with E-state index in [0.717, 1.165) is 17.0 Å². The number of H-pyrrole nitrogens is 1. The van der Waals surface area contributed by atoms with Crippen LogP contribution in [0.5, 0.6) is 0 Å². The van der Waals surface area contributed by atoms with Crippen molar-refractivity contribution in [2.45, 2.75) is 37.0 Å². The Bertz CT molecular complexity index is 914. The van der Waals surface area contributed by atoms with E-state index in [4.69, 9.17) is 11.6 Å². The average molecular weight is 376 g/mol. The fraction of sp³-hybridized carbons (Fsp3) is 0.294. The van der Waals surface area contributed by atoms with Gasteiger partial charge in [-0.1, -0.05) is 35.9 Å². The number of benzene rings is 1. The molecule has 3 aromatic rings. The van der Waals surface area contributed by atoms with Crippen LogP contribution in [0.2, 0.25) is 5.02 Å². The van der Waals surface area contributed by atoms with Gasteiger partial charge in [0.2, 0.25) is 0 Å².